The molecule has 0 spiro atoms. The van der Waals surface area contributed by atoms with Gasteiger partial charge < -0.3 is 15.7 Å². The highest BCUT2D eigenvalue weighted by Crippen LogP contribution is 2.33. The molecule has 0 aromatic heterocycles. The number of sulfonamides is 1. The van der Waals surface area contributed by atoms with E-state index in [-0.39, 0.29) is 23.0 Å². The Morgan fingerprint density at radius 1 is 0.800 bits per heavy atom. The lowest BCUT2D eigenvalue weighted by molar-refractivity contribution is -0.138. The molecule has 0 heterocycles. The third-order valence-electron chi connectivity index (χ3n) is 5.98. The molecule has 8 nitrogen and oxygen atoms in total. The minimum Gasteiger partial charge on any atom is -0.480 e. The second-order valence-corrected chi connectivity index (χ2v) is 11.2. The van der Waals surface area contributed by atoms with E-state index in [0.717, 1.165) is 11.1 Å². The lowest BCUT2D eigenvalue weighted by atomic mass is 9.96. The van der Waals surface area contributed by atoms with E-state index >= 15 is 0 Å². The van der Waals surface area contributed by atoms with Crippen LogP contribution >= 0.6 is 23.2 Å². The summed E-state index contributed by atoms with van der Waals surface area (Å²) < 4.78 is 28.5. The van der Waals surface area contributed by atoms with Gasteiger partial charge in [0.15, 0.2) is 0 Å². The van der Waals surface area contributed by atoms with Crippen molar-refractivity contribution in [2.24, 2.45) is 0 Å². The number of benzene rings is 4. The smallest absolute Gasteiger partial charge is 0.322 e. The van der Waals surface area contributed by atoms with Crippen molar-refractivity contribution in [3.8, 4) is 11.1 Å². The molecule has 4 aromatic carbocycles. The maximum Gasteiger partial charge on any atom is 0.322 e. The topological polar surface area (TPSA) is 125 Å². The van der Waals surface area contributed by atoms with Crippen LogP contribution in [0.25, 0.3) is 11.1 Å². The molecule has 0 saturated carbocycles. The number of carbonyl (C=O) groups is 2. The first-order valence-electron chi connectivity index (χ1n) is 12.1. The minimum absolute atomic E-state index is 0.146. The van der Waals surface area contributed by atoms with Gasteiger partial charge in [-0.05, 0) is 28.8 Å². The first kappa shape index (κ1) is 29.1. The predicted molar refractivity (Wildman–Crippen MR) is 156 cm³/mol. The Labute approximate surface area is 242 Å². The average Bonchev–Trinajstić information content (AvgIpc) is 2.93. The molecule has 4 N–H and O–H groups in total. The quantitative estimate of drug-likeness (QED) is 0.180. The lowest BCUT2D eigenvalue weighted by Crippen LogP contribution is -2.42. The van der Waals surface area contributed by atoms with Crippen LogP contribution in [0, 0.1) is 0 Å². The van der Waals surface area contributed by atoms with E-state index in [1.54, 1.807) is 18.2 Å². The summed E-state index contributed by atoms with van der Waals surface area (Å²) in [6, 6.07) is 25.8. The standard InChI is InChI=1S/C29H25Cl2N3O5S/c30-23-15-8-16-24(31)27(23)40(38,39)34-25(28(35)36)17-21-13-7-14-22(20-11-5-2-6-12-20)26(21)33-29(37)32-18-19-9-3-1-4-10-19/h1-16,25,34H,17-18H2,(H,35,36)(H2,32,33,37). The molecule has 4 rings (SSSR count). The van der Waals surface area contributed by atoms with Gasteiger partial charge in [0.2, 0.25) is 10.0 Å². The molecule has 40 heavy (non-hydrogen) atoms. The van der Waals surface area contributed by atoms with E-state index in [0.29, 0.717) is 16.8 Å². The summed E-state index contributed by atoms with van der Waals surface area (Å²) in [4.78, 5) is 24.8. The number of urea groups is 1. The first-order valence-corrected chi connectivity index (χ1v) is 14.3. The number of hydrogen-bond donors (Lipinski definition) is 4. The molecule has 2 amide bonds. The highest BCUT2D eigenvalue weighted by molar-refractivity contribution is 7.89. The van der Waals surface area contributed by atoms with Crippen LogP contribution in [0.15, 0.2) is 102 Å². The summed E-state index contributed by atoms with van der Waals surface area (Å²) in [6.45, 7) is 0.269. The number of rotatable bonds is 10. The Bertz CT molecular complexity index is 1600. The highest BCUT2D eigenvalue weighted by atomic mass is 35.5. The third kappa shape index (κ3) is 7.19. The summed E-state index contributed by atoms with van der Waals surface area (Å²) in [5.74, 6) is -1.42. The predicted octanol–water partition coefficient (Wildman–Crippen LogP) is 5.96. The van der Waals surface area contributed by atoms with Crippen molar-refractivity contribution in [1.82, 2.24) is 10.0 Å². The fourth-order valence-electron chi connectivity index (χ4n) is 4.10. The van der Waals surface area contributed by atoms with Crippen molar-refractivity contribution >= 4 is 50.9 Å². The van der Waals surface area contributed by atoms with E-state index in [4.69, 9.17) is 23.2 Å². The Morgan fingerprint density at radius 3 is 2.02 bits per heavy atom. The number of para-hydroxylation sites is 1. The van der Waals surface area contributed by atoms with Crippen LogP contribution in [-0.2, 0) is 27.8 Å². The Morgan fingerprint density at radius 2 is 1.40 bits per heavy atom. The number of aliphatic carboxylic acids is 1. The van der Waals surface area contributed by atoms with Crippen molar-refractivity contribution in [3.05, 3.63) is 118 Å². The second kappa shape index (κ2) is 13.0. The molecule has 0 fully saturated rings. The summed E-state index contributed by atoms with van der Waals surface area (Å²) >= 11 is 12.2. The number of nitrogens with one attached hydrogen (secondary N) is 3. The molecular weight excluding hydrogens is 573 g/mol. The molecule has 0 aliphatic heterocycles. The molecular formula is C29H25Cl2N3O5S. The molecule has 0 saturated heterocycles. The van der Waals surface area contributed by atoms with Crippen molar-refractivity contribution in [2.75, 3.05) is 5.32 Å². The van der Waals surface area contributed by atoms with Crippen LogP contribution in [0.2, 0.25) is 10.0 Å². The zero-order valence-corrected chi connectivity index (χ0v) is 23.3. The van der Waals surface area contributed by atoms with Gasteiger partial charge in [0.1, 0.15) is 10.9 Å². The van der Waals surface area contributed by atoms with E-state index in [9.17, 15) is 23.1 Å². The van der Waals surface area contributed by atoms with Crippen LogP contribution in [0.4, 0.5) is 10.5 Å². The van der Waals surface area contributed by atoms with Crippen LogP contribution in [-0.4, -0.2) is 31.6 Å². The first-order chi connectivity index (χ1) is 19.2. The van der Waals surface area contributed by atoms with Crippen molar-refractivity contribution in [2.45, 2.75) is 23.9 Å². The molecule has 1 atom stereocenters. The molecule has 1 unspecified atom stereocenters. The maximum absolute atomic E-state index is 13.1. The van der Waals surface area contributed by atoms with Gasteiger partial charge in [-0.15, -0.1) is 0 Å². The van der Waals surface area contributed by atoms with Crippen molar-refractivity contribution < 1.29 is 23.1 Å². The van der Waals surface area contributed by atoms with Gasteiger partial charge in [-0.25, -0.2) is 13.2 Å². The van der Waals surface area contributed by atoms with Crippen LogP contribution in [0.3, 0.4) is 0 Å². The lowest BCUT2D eigenvalue weighted by Gasteiger charge is -2.20. The van der Waals surface area contributed by atoms with E-state index in [2.05, 4.69) is 15.4 Å². The minimum atomic E-state index is -4.42. The second-order valence-electron chi connectivity index (χ2n) is 8.77. The van der Waals surface area contributed by atoms with Crippen LogP contribution in [0.1, 0.15) is 11.1 Å². The summed E-state index contributed by atoms with van der Waals surface area (Å²) in [7, 11) is -4.42. The Hall–Kier alpha value is -3.89. The normalized spacial score (nSPS) is 11.9. The fourth-order valence-corrected chi connectivity index (χ4v) is 6.43. The van der Waals surface area contributed by atoms with Crippen LogP contribution in [0.5, 0.6) is 0 Å². The number of hydrogen-bond acceptors (Lipinski definition) is 4. The summed E-state index contributed by atoms with van der Waals surface area (Å²) in [5.41, 5.74) is 3.05. The van der Waals surface area contributed by atoms with Crippen LogP contribution < -0.4 is 15.4 Å². The summed E-state index contributed by atoms with van der Waals surface area (Å²) in [5, 5.41) is 15.3. The monoisotopic (exact) mass is 597 g/mol. The fraction of sp³-hybridized carbons (Fsp3) is 0.103. The SMILES string of the molecule is O=C(NCc1ccccc1)Nc1c(CC(NS(=O)(=O)c2c(Cl)cccc2Cl)C(=O)O)cccc1-c1ccccc1. The summed E-state index contributed by atoms with van der Waals surface area (Å²) in [6.07, 6.45) is -0.286. The third-order valence-corrected chi connectivity index (χ3v) is 8.40. The highest BCUT2D eigenvalue weighted by Gasteiger charge is 2.30. The molecule has 0 radical (unpaired) electrons. The average molecular weight is 599 g/mol. The Balaban J connectivity index is 1.66. The number of halogens is 2. The number of carboxylic acids is 1. The molecule has 0 aliphatic carbocycles. The van der Waals surface area contributed by atoms with E-state index < -0.39 is 33.0 Å². The zero-order chi connectivity index (χ0) is 28.7. The van der Waals surface area contributed by atoms with Gasteiger partial charge in [0, 0.05) is 18.5 Å². The number of carbonyl (C=O) groups excluding carboxylic acids is 1. The number of carboxylic acid groups (broad SMARTS) is 1. The molecule has 0 bridgehead atoms. The van der Waals surface area contributed by atoms with Crippen molar-refractivity contribution in [3.63, 3.8) is 0 Å². The van der Waals surface area contributed by atoms with Gasteiger partial charge in [-0.3, -0.25) is 4.79 Å². The number of anilines is 1. The van der Waals surface area contributed by atoms with Gasteiger partial charge in [-0.1, -0.05) is 108 Å². The Kier molecular flexibility index (Phi) is 9.44. The molecule has 11 heteroatoms. The number of amides is 2. The molecule has 4 aromatic rings. The largest absolute Gasteiger partial charge is 0.480 e. The van der Waals surface area contributed by atoms with Crippen molar-refractivity contribution in [1.29, 1.82) is 0 Å². The van der Waals surface area contributed by atoms with E-state index in [1.807, 2.05) is 60.7 Å². The van der Waals surface area contributed by atoms with Gasteiger partial charge >= 0.3 is 12.0 Å². The maximum atomic E-state index is 13.1. The zero-order valence-electron chi connectivity index (χ0n) is 21.0. The van der Waals surface area contributed by atoms with Gasteiger partial charge in [-0.2, -0.15) is 4.72 Å². The van der Waals surface area contributed by atoms with Gasteiger partial charge in [0.05, 0.1) is 15.7 Å². The van der Waals surface area contributed by atoms with Gasteiger partial charge in [0.25, 0.3) is 0 Å². The van der Waals surface area contributed by atoms with E-state index in [1.165, 1.54) is 18.2 Å². The molecule has 206 valence electrons. The molecule has 0 aliphatic rings.